The number of amides is 2. The molecule has 0 bridgehead atoms. The molecule has 1 aliphatic heterocycles. The zero-order chi connectivity index (χ0) is 29.4. The number of carbonyl (C=O) groups excluding carboxylic acids is 2. The number of aliphatic carboxylic acids is 1. The standard InChI is InChI=1S/C30H38N6O5/c1-4-34(5-2)30-31-19-25(36(6-3)28(38)23-13-16-41-20-23)27(33-30)32-24(29(39)40)17-21-9-11-22(12-10-21)18-26(37)35-14-7-8-15-35/h9-13,16,19-20,24H,4-8,14-15,17-18H2,1-3H3,(H,39,40)(H,31,32,33)/t24-/m0/s1. The summed E-state index contributed by atoms with van der Waals surface area (Å²) in [6.45, 7) is 9.05. The Labute approximate surface area is 240 Å². The zero-order valence-electron chi connectivity index (χ0n) is 23.9. The smallest absolute Gasteiger partial charge is 0.326 e. The maximum absolute atomic E-state index is 13.3. The molecule has 2 N–H and O–H groups in total. The number of likely N-dealkylation sites (tertiary alicyclic amines) is 1. The Balaban J connectivity index is 1.58. The maximum atomic E-state index is 13.3. The highest BCUT2D eigenvalue weighted by Gasteiger charge is 2.26. The van der Waals surface area contributed by atoms with Gasteiger partial charge in [-0.15, -0.1) is 0 Å². The van der Waals surface area contributed by atoms with Gasteiger partial charge in [0, 0.05) is 39.1 Å². The van der Waals surface area contributed by atoms with Gasteiger partial charge in [0.15, 0.2) is 5.82 Å². The SMILES string of the molecule is CCN(CC)c1ncc(N(CC)C(=O)c2ccoc2)c(N[C@@H](Cc2ccc(CC(=O)N3CCCC3)cc2)C(=O)O)n1. The fourth-order valence-corrected chi connectivity index (χ4v) is 4.94. The van der Waals surface area contributed by atoms with Crippen LogP contribution >= 0.6 is 0 Å². The molecule has 11 heteroatoms. The van der Waals surface area contributed by atoms with Gasteiger partial charge >= 0.3 is 5.97 Å². The first-order valence-electron chi connectivity index (χ1n) is 14.2. The Morgan fingerprint density at radius 1 is 1.02 bits per heavy atom. The van der Waals surface area contributed by atoms with Gasteiger partial charge in [-0.25, -0.2) is 9.78 Å². The average molecular weight is 563 g/mol. The van der Waals surface area contributed by atoms with Crippen molar-refractivity contribution in [2.75, 3.05) is 47.8 Å². The van der Waals surface area contributed by atoms with E-state index in [2.05, 4.69) is 15.3 Å². The maximum Gasteiger partial charge on any atom is 0.326 e. The lowest BCUT2D eigenvalue weighted by atomic mass is 10.0. The molecular formula is C30H38N6O5. The van der Waals surface area contributed by atoms with E-state index in [0.717, 1.165) is 37.1 Å². The molecule has 1 saturated heterocycles. The summed E-state index contributed by atoms with van der Waals surface area (Å²) in [5.41, 5.74) is 2.42. The molecule has 1 atom stereocenters. The van der Waals surface area contributed by atoms with E-state index in [0.29, 0.717) is 43.3 Å². The van der Waals surface area contributed by atoms with Crippen LogP contribution in [0.4, 0.5) is 17.5 Å². The first-order chi connectivity index (χ1) is 19.8. The van der Waals surface area contributed by atoms with Gasteiger partial charge in [0.1, 0.15) is 18.0 Å². The number of anilines is 3. The largest absolute Gasteiger partial charge is 0.480 e. The number of hydrogen-bond acceptors (Lipinski definition) is 8. The molecule has 4 rings (SSSR count). The van der Waals surface area contributed by atoms with Gasteiger partial charge in [0.2, 0.25) is 11.9 Å². The fraction of sp³-hybridized carbons (Fsp3) is 0.433. The third-order valence-electron chi connectivity index (χ3n) is 7.31. The summed E-state index contributed by atoms with van der Waals surface area (Å²) in [4.78, 5) is 52.7. The summed E-state index contributed by atoms with van der Waals surface area (Å²) >= 11 is 0. The van der Waals surface area contributed by atoms with Crippen molar-refractivity contribution in [3.63, 3.8) is 0 Å². The topological polar surface area (TPSA) is 132 Å². The van der Waals surface area contributed by atoms with E-state index in [1.54, 1.807) is 12.3 Å². The number of hydrogen-bond donors (Lipinski definition) is 2. The number of nitrogens with zero attached hydrogens (tertiary/aromatic N) is 5. The molecule has 41 heavy (non-hydrogen) atoms. The Kier molecular flexibility index (Phi) is 9.94. The lowest BCUT2D eigenvalue weighted by molar-refractivity contribution is -0.138. The van der Waals surface area contributed by atoms with Crippen LogP contribution in [-0.2, 0) is 22.4 Å². The number of carboxylic acids is 1. The first-order valence-corrected chi connectivity index (χ1v) is 14.2. The Morgan fingerprint density at radius 2 is 1.71 bits per heavy atom. The Morgan fingerprint density at radius 3 is 2.29 bits per heavy atom. The van der Waals surface area contributed by atoms with Crippen LogP contribution in [0.15, 0.2) is 53.5 Å². The lowest BCUT2D eigenvalue weighted by Gasteiger charge is -2.26. The number of nitrogens with one attached hydrogen (secondary N) is 1. The molecule has 0 spiro atoms. The number of benzene rings is 1. The zero-order valence-corrected chi connectivity index (χ0v) is 23.9. The molecule has 1 aliphatic rings. The van der Waals surface area contributed by atoms with Crippen LogP contribution in [0.25, 0.3) is 0 Å². The van der Waals surface area contributed by atoms with E-state index in [1.807, 2.05) is 54.8 Å². The van der Waals surface area contributed by atoms with Crippen molar-refractivity contribution in [3.8, 4) is 0 Å². The minimum absolute atomic E-state index is 0.117. The van der Waals surface area contributed by atoms with Crippen molar-refractivity contribution < 1.29 is 23.9 Å². The molecule has 0 unspecified atom stereocenters. The van der Waals surface area contributed by atoms with Crippen LogP contribution in [0.5, 0.6) is 0 Å². The lowest BCUT2D eigenvalue weighted by Crippen LogP contribution is -2.36. The summed E-state index contributed by atoms with van der Waals surface area (Å²) in [6.07, 6.45) is 6.94. The van der Waals surface area contributed by atoms with Crippen molar-refractivity contribution >= 4 is 35.2 Å². The highest BCUT2D eigenvalue weighted by atomic mass is 16.4. The second kappa shape index (κ2) is 13.8. The predicted molar refractivity (Wildman–Crippen MR) is 156 cm³/mol. The van der Waals surface area contributed by atoms with E-state index in [1.165, 1.54) is 17.4 Å². The predicted octanol–water partition coefficient (Wildman–Crippen LogP) is 3.86. The van der Waals surface area contributed by atoms with Crippen LogP contribution < -0.4 is 15.1 Å². The van der Waals surface area contributed by atoms with E-state index >= 15 is 0 Å². The molecule has 3 heterocycles. The van der Waals surface area contributed by atoms with Crippen LogP contribution in [-0.4, -0.2) is 76.5 Å². The highest BCUT2D eigenvalue weighted by molar-refractivity contribution is 6.07. The van der Waals surface area contributed by atoms with E-state index in [4.69, 9.17) is 4.42 Å². The average Bonchev–Trinajstić information content (AvgIpc) is 3.71. The molecule has 0 radical (unpaired) electrons. The highest BCUT2D eigenvalue weighted by Crippen LogP contribution is 2.28. The third-order valence-corrected chi connectivity index (χ3v) is 7.31. The summed E-state index contributed by atoms with van der Waals surface area (Å²) < 4.78 is 5.09. The van der Waals surface area contributed by atoms with Gasteiger partial charge in [0.25, 0.3) is 5.91 Å². The van der Waals surface area contributed by atoms with Crippen LogP contribution in [0.1, 0.15) is 55.1 Å². The van der Waals surface area contributed by atoms with Gasteiger partial charge in [-0.05, 0) is 50.8 Å². The minimum atomic E-state index is -1.06. The molecule has 0 saturated carbocycles. The van der Waals surface area contributed by atoms with Crippen LogP contribution in [0.2, 0.25) is 0 Å². The quantitative estimate of drug-likeness (QED) is 0.319. The normalized spacial score (nSPS) is 13.6. The minimum Gasteiger partial charge on any atom is -0.480 e. The van der Waals surface area contributed by atoms with Gasteiger partial charge < -0.3 is 29.5 Å². The molecule has 218 valence electrons. The van der Waals surface area contributed by atoms with Gasteiger partial charge in [0.05, 0.1) is 24.4 Å². The summed E-state index contributed by atoms with van der Waals surface area (Å²) in [7, 11) is 0. The molecule has 11 nitrogen and oxygen atoms in total. The van der Waals surface area contributed by atoms with Crippen molar-refractivity contribution in [1.82, 2.24) is 14.9 Å². The van der Waals surface area contributed by atoms with Gasteiger partial charge in [-0.1, -0.05) is 24.3 Å². The third kappa shape index (κ3) is 7.22. The molecule has 1 fully saturated rings. The second-order valence-electron chi connectivity index (χ2n) is 9.96. The summed E-state index contributed by atoms with van der Waals surface area (Å²) in [5.74, 6) is -0.568. The molecule has 2 aromatic heterocycles. The van der Waals surface area contributed by atoms with Crippen LogP contribution in [0.3, 0.4) is 0 Å². The number of rotatable bonds is 13. The van der Waals surface area contributed by atoms with Crippen molar-refractivity contribution in [1.29, 1.82) is 0 Å². The molecular weight excluding hydrogens is 524 g/mol. The summed E-state index contributed by atoms with van der Waals surface area (Å²) in [6, 6.07) is 8.00. The molecule has 3 aromatic rings. The van der Waals surface area contributed by atoms with E-state index in [-0.39, 0.29) is 24.1 Å². The van der Waals surface area contributed by atoms with Gasteiger partial charge in [-0.3, -0.25) is 9.59 Å². The van der Waals surface area contributed by atoms with Gasteiger partial charge in [-0.2, -0.15) is 4.98 Å². The molecule has 0 aliphatic carbocycles. The van der Waals surface area contributed by atoms with Crippen molar-refractivity contribution in [2.45, 2.75) is 52.5 Å². The monoisotopic (exact) mass is 562 g/mol. The number of carbonyl (C=O) groups is 3. The molecule has 2 amide bonds. The fourth-order valence-electron chi connectivity index (χ4n) is 4.94. The second-order valence-corrected chi connectivity index (χ2v) is 9.96. The Bertz CT molecular complexity index is 1320. The van der Waals surface area contributed by atoms with Crippen molar-refractivity contribution in [3.05, 3.63) is 65.7 Å². The number of furan rings is 1. The summed E-state index contributed by atoms with van der Waals surface area (Å²) in [5, 5.41) is 13.2. The van der Waals surface area contributed by atoms with Crippen molar-refractivity contribution in [2.24, 2.45) is 0 Å². The van der Waals surface area contributed by atoms with Crippen LogP contribution in [0, 0.1) is 0 Å². The van der Waals surface area contributed by atoms with E-state index < -0.39 is 12.0 Å². The Hall–Kier alpha value is -4.41. The number of carboxylic acid groups (broad SMARTS) is 1. The van der Waals surface area contributed by atoms with E-state index in [9.17, 15) is 19.5 Å². The molecule has 1 aromatic carbocycles. The number of aromatic nitrogens is 2. The first kappa shape index (κ1) is 29.6.